The van der Waals surface area contributed by atoms with Gasteiger partial charge < -0.3 is 9.59 Å². The van der Waals surface area contributed by atoms with Crippen molar-refractivity contribution in [3.05, 3.63) is 35.4 Å². The van der Waals surface area contributed by atoms with Gasteiger partial charge >= 0.3 is 5.97 Å². The van der Waals surface area contributed by atoms with Crippen LogP contribution >= 0.6 is 0 Å². The van der Waals surface area contributed by atoms with E-state index in [9.17, 15) is 9.90 Å². The van der Waals surface area contributed by atoms with Gasteiger partial charge in [-0.1, -0.05) is 29.8 Å². The summed E-state index contributed by atoms with van der Waals surface area (Å²) in [7, 11) is 3.90. The van der Waals surface area contributed by atoms with E-state index in [2.05, 4.69) is 24.3 Å². The fourth-order valence-corrected chi connectivity index (χ4v) is 1.61. The van der Waals surface area contributed by atoms with Crippen LogP contribution in [-0.4, -0.2) is 35.2 Å². The van der Waals surface area contributed by atoms with Crippen molar-refractivity contribution >= 4 is 5.97 Å². The number of hydrogen-bond donors (Lipinski definition) is 1. The van der Waals surface area contributed by atoms with Gasteiger partial charge in [0.05, 0.1) is 14.1 Å². The summed E-state index contributed by atoms with van der Waals surface area (Å²) < 4.78 is 0.422. The summed E-state index contributed by atoms with van der Waals surface area (Å²) in [6, 6.07) is 8.24. The van der Waals surface area contributed by atoms with Gasteiger partial charge in [0.2, 0.25) is 0 Å². The van der Waals surface area contributed by atoms with Crippen LogP contribution in [0.1, 0.15) is 25.0 Å². The second-order valence-electron chi connectivity index (χ2n) is 5.69. The molecule has 0 amide bonds. The number of carboxylic acids is 1. The SMILES string of the molecule is Cc1ccc(C[N+](C)(C)C(C)(C)C(=O)O)cc1. The molecule has 1 aromatic carbocycles. The minimum atomic E-state index is -0.801. The van der Waals surface area contributed by atoms with Crippen LogP contribution in [-0.2, 0) is 11.3 Å². The number of aryl methyl sites for hydroxylation is 1. The highest BCUT2D eigenvalue weighted by Gasteiger charge is 2.43. The van der Waals surface area contributed by atoms with Crippen LogP contribution in [0.25, 0.3) is 0 Å². The molecule has 94 valence electrons. The van der Waals surface area contributed by atoms with Crippen LogP contribution in [0.4, 0.5) is 0 Å². The fraction of sp³-hybridized carbons (Fsp3) is 0.500. The number of rotatable bonds is 4. The normalized spacial score (nSPS) is 12.5. The number of carboxylic acid groups (broad SMARTS) is 1. The summed E-state index contributed by atoms with van der Waals surface area (Å²) in [5.41, 5.74) is 1.58. The highest BCUT2D eigenvalue weighted by Crippen LogP contribution is 2.24. The molecule has 0 saturated heterocycles. The third-order valence-corrected chi connectivity index (χ3v) is 3.74. The van der Waals surface area contributed by atoms with Crippen molar-refractivity contribution in [2.45, 2.75) is 32.9 Å². The molecule has 1 N–H and O–H groups in total. The predicted octanol–water partition coefficient (Wildman–Crippen LogP) is 2.43. The largest absolute Gasteiger partial charge is 0.477 e. The Morgan fingerprint density at radius 1 is 1.24 bits per heavy atom. The van der Waals surface area contributed by atoms with Gasteiger partial charge in [0.25, 0.3) is 0 Å². The van der Waals surface area contributed by atoms with Gasteiger partial charge in [-0.05, 0) is 6.92 Å². The molecule has 0 aliphatic heterocycles. The zero-order chi connectivity index (χ0) is 13.3. The second kappa shape index (κ2) is 4.49. The molecular weight excluding hydrogens is 214 g/mol. The Hall–Kier alpha value is -1.35. The van der Waals surface area contributed by atoms with Crippen molar-refractivity contribution in [2.75, 3.05) is 14.1 Å². The van der Waals surface area contributed by atoms with Crippen molar-refractivity contribution in [3.8, 4) is 0 Å². The van der Waals surface area contributed by atoms with Gasteiger partial charge in [-0.2, -0.15) is 0 Å². The Morgan fingerprint density at radius 3 is 2.12 bits per heavy atom. The Balaban J connectivity index is 2.93. The smallest absolute Gasteiger partial charge is 0.365 e. The molecule has 0 heterocycles. The van der Waals surface area contributed by atoms with Gasteiger partial charge in [-0.15, -0.1) is 0 Å². The lowest BCUT2D eigenvalue weighted by atomic mass is 9.99. The lowest BCUT2D eigenvalue weighted by molar-refractivity contribution is -0.940. The van der Waals surface area contributed by atoms with Gasteiger partial charge in [-0.25, -0.2) is 4.79 Å². The Morgan fingerprint density at radius 2 is 1.71 bits per heavy atom. The first-order valence-corrected chi connectivity index (χ1v) is 5.79. The van der Waals surface area contributed by atoms with E-state index in [1.54, 1.807) is 13.8 Å². The highest BCUT2D eigenvalue weighted by molar-refractivity contribution is 5.76. The maximum atomic E-state index is 11.3. The van der Waals surface area contributed by atoms with E-state index in [4.69, 9.17) is 0 Å². The third kappa shape index (κ3) is 2.86. The molecule has 1 aromatic rings. The first-order chi connectivity index (χ1) is 7.67. The fourth-order valence-electron chi connectivity index (χ4n) is 1.61. The number of quaternary nitrogens is 1. The molecule has 0 spiro atoms. The van der Waals surface area contributed by atoms with Gasteiger partial charge in [0, 0.05) is 19.4 Å². The number of benzene rings is 1. The van der Waals surface area contributed by atoms with Crippen molar-refractivity contribution in [1.82, 2.24) is 0 Å². The Kier molecular flexibility index (Phi) is 3.62. The monoisotopic (exact) mass is 236 g/mol. The second-order valence-corrected chi connectivity index (χ2v) is 5.69. The summed E-state index contributed by atoms with van der Waals surface area (Å²) in [5, 5.41) is 9.28. The molecule has 0 aliphatic carbocycles. The zero-order valence-electron chi connectivity index (χ0n) is 11.3. The highest BCUT2D eigenvalue weighted by atomic mass is 16.4. The zero-order valence-corrected chi connectivity index (χ0v) is 11.3. The number of hydrogen-bond acceptors (Lipinski definition) is 1. The van der Waals surface area contributed by atoms with Gasteiger partial charge in [0.15, 0.2) is 5.54 Å². The minimum Gasteiger partial charge on any atom is -0.477 e. The summed E-state index contributed by atoms with van der Waals surface area (Å²) >= 11 is 0. The number of likely N-dealkylation sites (N-methyl/N-ethyl adjacent to an activating group) is 1. The lowest BCUT2D eigenvalue weighted by Gasteiger charge is -2.41. The summed E-state index contributed by atoms with van der Waals surface area (Å²) in [5.74, 6) is -0.769. The lowest BCUT2D eigenvalue weighted by Crippen LogP contribution is -2.59. The van der Waals surface area contributed by atoms with E-state index in [0.29, 0.717) is 11.0 Å². The number of carbonyl (C=O) groups is 1. The molecule has 0 aliphatic rings. The molecule has 0 atom stereocenters. The Bertz CT molecular complexity index is 405. The van der Waals surface area contributed by atoms with Crippen molar-refractivity contribution < 1.29 is 14.4 Å². The summed E-state index contributed by atoms with van der Waals surface area (Å²) in [6.07, 6.45) is 0. The Labute approximate surface area is 103 Å². The van der Waals surface area contributed by atoms with E-state index in [0.717, 1.165) is 5.56 Å². The molecule has 17 heavy (non-hydrogen) atoms. The van der Waals surface area contributed by atoms with E-state index in [-0.39, 0.29) is 0 Å². The standard InChI is InChI=1S/C14H21NO2/c1-11-6-8-12(9-7-11)10-15(4,5)14(2,3)13(16)17/h6-9H,10H2,1-5H3/p+1. The van der Waals surface area contributed by atoms with Crippen molar-refractivity contribution in [2.24, 2.45) is 0 Å². The number of aliphatic carboxylic acids is 1. The molecule has 3 nitrogen and oxygen atoms in total. The topological polar surface area (TPSA) is 37.3 Å². The van der Waals surface area contributed by atoms with Crippen molar-refractivity contribution in [1.29, 1.82) is 0 Å². The van der Waals surface area contributed by atoms with Crippen LogP contribution in [0.2, 0.25) is 0 Å². The van der Waals surface area contributed by atoms with E-state index in [1.807, 2.05) is 21.0 Å². The molecule has 0 fully saturated rings. The maximum Gasteiger partial charge on any atom is 0.365 e. The van der Waals surface area contributed by atoms with Crippen LogP contribution in [0, 0.1) is 6.92 Å². The van der Waals surface area contributed by atoms with E-state index in [1.165, 1.54) is 5.56 Å². The van der Waals surface area contributed by atoms with Crippen molar-refractivity contribution in [3.63, 3.8) is 0 Å². The molecule has 0 radical (unpaired) electrons. The molecule has 3 heteroatoms. The molecule has 0 aromatic heterocycles. The predicted molar refractivity (Wildman–Crippen MR) is 68.7 cm³/mol. The molecule has 0 saturated carbocycles. The average Bonchev–Trinajstić information content (AvgIpc) is 2.20. The minimum absolute atomic E-state index is 0.422. The molecule has 0 bridgehead atoms. The van der Waals surface area contributed by atoms with E-state index < -0.39 is 11.5 Å². The third-order valence-electron chi connectivity index (χ3n) is 3.74. The molecule has 0 unspecified atom stereocenters. The van der Waals surface area contributed by atoms with Crippen LogP contribution in [0.15, 0.2) is 24.3 Å². The van der Waals surface area contributed by atoms with E-state index >= 15 is 0 Å². The average molecular weight is 236 g/mol. The van der Waals surface area contributed by atoms with Gasteiger partial charge in [-0.3, -0.25) is 0 Å². The van der Waals surface area contributed by atoms with Gasteiger partial charge in [0.1, 0.15) is 6.54 Å². The quantitative estimate of drug-likeness (QED) is 0.815. The first kappa shape index (κ1) is 13.7. The van der Waals surface area contributed by atoms with Crippen LogP contribution < -0.4 is 0 Å². The summed E-state index contributed by atoms with van der Waals surface area (Å²) in [4.78, 5) is 11.3. The summed E-state index contributed by atoms with van der Waals surface area (Å²) in [6.45, 7) is 6.29. The van der Waals surface area contributed by atoms with Crippen LogP contribution in [0.3, 0.4) is 0 Å². The number of nitrogens with zero attached hydrogens (tertiary/aromatic N) is 1. The first-order valence-electron chi connectivity index (χ1n) is 5.79. The van der Waals surface area contributed by atoms with Crippen LogP contribution in [0.5, 0.6) is 0 Å². The molecule has 1 rings (SSSR count). The molecular formula is C14H22NO2+. The maximum absolute atomic E-state index is 11.3.